The highest BCUT2D eigenvalue weighted by Gasteiger charge is 2.21. The highest BCUT2D eigenvalue weighted by atomic mass is 32.2. The van der Waals surface area contributed by atoms with E-state index in [1.165, 1.54) is 10.5 Å². The Morgan fingerprint density at radius 1 is 1.04 bits per heavy atom. The summed E-state index contributed by atoms with van der Waals surface area (Å²) in [6.45, 7) is 0.681. The van der Waals surface area contributed by atoms with Gasteiger partial charge in [-0.2, -0.15) is 0 Å². The van der Waals surface area contributed by atoms with Crippen LogP contribution in [0.2, 0.25) is 0 Å². The fourth-order valence-electron chi connectivity index (χ4n) is 3.03. The number of hydrogen-bond donors (Lipinski definition) is 1. The Hall–Kier alpha value is -1.85. The Morgan fingerprint density at radius 2 is 1.75 bits per heavy atom. The van der Waals surface area contributed by atoms with Gasteiger partial charge in [0, 0.05) is 29.6 Å². The first-order chi connectivity index (χ1) is 11.8. The number of hydrogen-bond acceptors (Lipinski definition) is 5. The predicted molar refractivity (Wildman–Crippen MR) is 97.5 cm³/mol. The van der Waals surface area contributed by atoms with Crippen LogP contribution >= 0.6 is 11.8 Å². The molecule has 0 bridgehead atoms. The number of methoxy groups -OCH3 is 3. The van der Waals surface area contributed by atoms with Crippen molar-refractivity contribution in [2.24, 2.45) is 0 Å². The van der Waals surface area contributed by atoms with Gasteiger partial charge >= 0.3 is 0 Å². The maximum atomic E-state index is 5.54. The molecule has 0 spiro atoms. The van der Waals surface area contributed by atoms with Gasteiger partial charge in [-0.3, -0.25) is 0 Å². The van der Waals surface area contributed by atoms with Crippen molar-refractivity contribution < 1.29 is 14.2 Å². The Morgan fingerprint density at radius 3 is 2.42 bits per heavy atom. The quantitative estimate of drug-likeness (QED) is 0.855. The van der Waals surface area contributed by atoms with Gasteiger partial charge in [-0.05, 0) is 23.8 Å². The summed E-state index contributed by atoms with van der Waals surface area (Å²) in [5, 5.41) is 3.67. The topological polar surface area (TPSA) is 39.7 Å². The van der Waals surface area contributed by atoms with Crippen molar-refractivity contribution in [1.82, 2.24) is 5.32 Å². The smallest absolute Gasteiger partial charge is 0.130 e. The van der Waals surface area contributed by atoms with Crippen molar-refractivity contribution in [3.63, 3.8) is 0 Å². The Bertz CT molecular complexity index is 680. The van der Waals surface area contributed by atoms with E-state index in [4.69, 9.17) is 14.2 Å². The zero-order valence-electron chi connectivity index (χ0n) is 14.3. The number of nitrogens with one attached hydrogen (secondary N) is 1. The van der Waals surface area contributed by atoms with E-state index in [1.807, 2.05) is 23.9 Å². The van der Waals surface area contributed by atoms with Gasteiger partial charge in [0.15, 0.2) is 0 Å². The minimum atomic E-state index is 0.346. The molecule has 0 aliphatic carbocycles. The summed E-state index contributed by atoms with van der Waals surface area (Å²) in [5.41, 5.74) is 2.39. The van der Waals surface area contributed by atoms with Crippen LogP contribution in [0, 0.1) is 0 Å². The van der Waals surface area contributed by atoms with E-state index in [-0.39, 0.29) is 0 Å². The maximum Gasteiger partial charge on any atom is 0.130 e. The van der Waals surface area contributed by atoms with Gasteiger partial charge in [0.1, 0.15) is 17.2 Å². The molecule has 1 heterocycles. The Kier molecular flexibility index (Phi) is 5.53. The standard InChI is InChI=1S/C19H23NO3S/c1-21-13-10-17(22-2)15(18(11-13)23-3)12-20-16-8-9-24-19-7-5-4-6-14(16)19/h4-7,10-11,16,20H,8-9,12H2,1-3H3/t16-/m1/s1. The second-order valence-corrected chi connectivity index (χ2v) is 6.76. The van der Waals surface area contributed by atoms with Crippen LogP contribution in [0.4, 0.5) is 0 Å². The third kappa shape index (κ3) is 3.47. The van der Waals surface area contributed by atoms with Crippen LogP contribution in [0.3, 0.4) is 0 Å². The van der Waals surface area contributed by atoms with Crippen LogP contribution in [0.25, 0.3) is 0 Å². The summed E-state index contributed by atoms with van der Waals surface area (Å²) >= 11 is 1.93. The van der Waals surface area contributed by atoms with Crippen LogP contribution in [0.15, 0.2) is 41.3 Å². The molecule has 0 saturated carbocycles. The predicted octanol–water partition coefficient (Wildman–Crippen LogP) is 4.04. The lowest BCUT2D eigenvalue weighted by atomic mass is 10.0. The summed E-state index contributed by atoms with van der Waals surface area (Å²) in [6.07, 6.45) is 1.11. The second-order valence-electron chi connectivity index (χ2n) is 5.62. The van der Waals surface area contributed by atoms with Gasteiger partial charge in [-0.1, -0.05) is 18.2 Å². The molecule has 0 amide bonds. The van der Waals surface area contributed by atoms with Gasteiger partial charge in [0.05, 0.1) is 26.9 Å². The summed E-state index contributed by atoms with van der Waals surface area (Å²) in [4.78, 5) is 1.37. The minimum absolute atomic E-state index is 0.346. The summed E-state index contributed by atoms with van der Waals surface area (Å²) in [7, 11) is 4.98. The van der Waals surface area contributed by atoms with E-state index >= 15 is 0 Å². The third-order valence-corrected chi connectivity index (χ3v) is 5.42. The Balaban J connectivity index is 1.82. The lowest BCUT2D eigenvalue weighted by molar-refractivity contribution is 0.364. The van der Waals surface area contributed by atoms with Crippen LogP contribution in [-0.2, 0) is 6.54 Å². The third-order valence-electron chi connectivity index (χ3n) is 4.30. The molecule has 1 N–H and O–H groups in total. The molecule has 1 atom stereocenters. The molecule has 1 aliphatic rings. The number of thioether (sulfide) groups is 1. The SMILES string of the molecule is COc1cc(OC)c(CN[C@@H]2CCSc3ccccc32)c(OC)c1. The van der Waals surface area contributed by atoms with E-state index in [0.29, 0.717) is 12.6 Å². The molecular weight excluding hydrogens is 322 g/mol. The second kappa shape index (κ2) is 7.81. The summed E-state index contributed by atoms with van der Waals surface area (Å²) in [6, 6.07) is 12.7. The van der Waals surface area contributed by atoms with Crippen molar-refractivity contribution in [3.8, 4) is 17.2 Å². The lowest BCUT2D eigenvalue weighted by Gasteiger charge is -2.26. The summed E-state index contributed by atoms with van der Waals surface area (Å²) in [5.74, 6) is 3.41. The molecule has 4 nitrogen and oxygen atoms in total. The van der Waals surface area contributed by atoms with Crippen molar-refractivity contribution in [2.75, 3.05) is 27.1 Å². The van der Waals surface area contributed by atoms with Crippen molar-refractivity contribution in [1.29, 1.82) is 0 Å². The zero-order valence-corrected chi connectivity index (χ0v) is 15.1. The molecule has 3 rings (SSSR count). The molecule has 24 heavy (non-hydrogen) atoms. The van der Waals surface area contributed by atoms with E-state index < -0.39 is 0 Å². The van der Waals surface area contributed by atoms with Crippen molar-refractivity contribution in [2.45, 2.75) is 23.9 Å². The first kappa shape index (κ1) is 17.0. The molecule has 5 heteroatoms. The average Bonchev–Trinajstić information content (AvgIpc) is 2.65. The first-order valence-corrected chi connectivity index (χ1v) is 8.99. The summed E-state index contributed by atoms with van der Waals surface area (Å²) < 4.78 is 16.4. The normalized spacial score (nSPS) is 16.4. The van der Waals surface area contributed by atoms with E-state index in [0.717, 1.165) is 35.0 Å². The van der Waals surface area contributed by atoms with Crippen molar-refractivity contribution in [3.05, 3.63) is 47.5 Å². The number of ether oxygens (including phenoxy) is 3. The van der Waals surface area contributed by atoms with E-state index in [1.54, 1.807) is 21.3 Å². The molecule has 0 fully saturated rings. The van der Waals surface area contributed by atoms with Gasteiger partial charge in [-0.15, -0.1) is 11.8 Å². The minimum Gasteiger partial charge on any atom is -0.496 e. The number of rotatable bonds is 6. The fraction of sp³-hybridized carbons (Fsp3) is 0.368. The lowest BCUT2D eigenvalue weighted by Crippen LogP contribution is -2.24. The van der Waals surface area contributed by atoms with Gasteiger partial charge in [0.25, 0.3) is 0 Å². The van der Waals surface area contributed by atoms with Gasteiger partial charge in [-0.25, -0.2) is 0 Å². The monoisotopic (exact) mass is 345 g/mol. The van der Waals surface area contributed by atoms with Crippen LogP contribution < -0.4 is 19.5 Å². The van der Waals surface area contributed by atoms with Crippen LogP contribution in [0.1, 0.15) is 23.6 Å². The fourth-order valence-corrected chi connectivity index (χ4v) is 4.16. The van der Waals surface area contributed by atoms with Gasteiger partial charge in [0.2, 0.25) is 0 Å². The maximum absolute atomic E-state index is 5.54. The number of benzene rings is 2. The molecule has 0 saturated heterocycles. The number of fused-ring (bicyclic) bond motifs is 1. The first-order valence-electron chi connectivity index (χ1n) is 8.00. The molecule has 0 radical (unpaired) electrons. The molecule has 128 valence electrons. The molecular formula is C19H23NO3S. The average molecular weight is 345 g/mol. The van der Waals surface area contributed by atoms with E-state index in [2.05, 4.69) is 29.6 Å². The van der Waals surface area contributed by atoms with Crippen LogP contribution in [-0.4, -0.2) is 27.1 Å². The highest BCUT2D eigenvalue weighted by molar-refractivity contribution is 7.99. The molecule has 0 aromatic heterocycles. The molecule has 2 aromatic carbocycles. The highest BCUT2D eigenvalue weighted by Crippen LogP contribution is 2.38. The Labute approximate surface area is 147 Å². The molecule has 0 unspecified atom stereocenters. The zero-order chi connectivity index (χ0) is 16.9. The van der Waals surface area contributed by atoms with Gasteiger partial charge < -0.3 is 19.5 Å². The van der Waals surface area contributed by atoms with E-state index in [9.17, 15) is 0 Å². The molecule has 1 aliphatic heterocycles. The van der Waals surface area contributed by atoms with Crippen molar-refractivity contribution >= 4 is 11.8 Å². The largest absolute Gasteiger partial charge is 0.496 e. The molecule has 2 aromatic rings. The van der Waals surface area contributed by atoms with Crippen LogP contribution in [0.5, 0.6) is 17.2 Å².